The van der Waals surface area contributed by atoms with Gasteiger partial charge in [0, 0.05) is 37.9 Å². The highest BCUT2D eigenvalue weighted by molar-refractivity contribution is 5.79. The van der Waals surface area contributed by atoms with E-state index in [2.05, 4.69) is 10.00 Å². The molecule has 17 heavy (non-hydrogen) atoms. The lowest BCUT2D eigenvalue weighted by Crippen LogP contribution is -2.50. The summed E-state index contributed by atoms with van der Waals surface area (Å²) in [6.45, 7) is 3.14. The fourth-order valence-corrected chi connectivity index (χ4v) is 2.24. The molecule has 1 saturated heterocycles. The van der Waals surface area contributed by atoms with Crippen molar-refractivity contribution in [2.75, 3.05) is 13.1 Å². The van der Waals surface area contributed by atoms with Crippen molar-refractivity contribution in [3.63, 3.8) is 0 Å². The zero-order chi connectivity index (χ0) is 12.6. The van der Waals surface area contributed by atoms with Crippen LogP contribution in [-0.2, 0) is 11.8 Å². The van der Waals surface area contributed by atoms with Gasteiger partial charge in [-0.05, 0) is 13.3 Å². The van der Waals surface area contributed by atoms with Gasteiger partial charge in [-0.15, -0.1) is 0 Å². The highest BCUT2D eigenvalue weighted by atomic mass is 16.4. The molecule has 2 atom stereocenters. The average molecular weight is 238 g/mol. The van der Waals surface area contributed by atoms with Gasteiger partial charge in [-0.3, -0.25) is 14.4 Å². The first kappa shape index (κ1) is 12.1. The maximum Gasteiger partial charge on any atom is 0.325 e. The van der Waals surface area contributed by atoms with Crippen molar-refractivity contribution in [1.29, 1.82) is 0 Å². The lowest BCUT2D eigenvalue weighted by atomic mass is 10.0. The van der Waals surface area contributed by atoms with Crippen molar-refractivity contribution in [3.05, 3.63) is 18.0 Å². The quantitative estimate of drug-likeness (QED) is 0.772. The summed E-state index contributed by atoms with van der Waals surface area (Å²) >= 11 is 0. The molecule has 0 saturated carbocycles. The van der Waals surface area contributed by atoms with Crippen LogP contribution in [0.3, 0.4) is 0 Å². The number of aryl methyl sites for hydroxylation is 1. The Morgan fingerprint density at radius 3 is 2.88 bits per heavy atom. The van der Waals surface area contributed by atoms with Crippen LogP contribution in [0.5, 0.6) is 0 Å². The predicted molar refractivity (Wildman–Crippen MR) is 62.4 cm³/mol. The predicted octanol–water partition coefficient (Wildman–Crippen LogP) is -0.0311. The van der Waals surface area contributed by atoms with Gasteiger partial charge in [-0.1, -0.05) is 0 Å². The molecule has 1 aromatic heterocycles. The average Bonchev–Trinajstić information content (AvgIpc) is 2.85. The molecular weight excluding hydrogens is 220 g/mol. The number of likely N-dealkylation sites (tertiary alicyclic amines) is 1. The SMILES string of the molecule is CC(c1cnn(C)c1)N1CCC(N)(C(=O)O)C1. The van der Waals surface area contributed by atoms with Crippen LogP contribution in [0.4, 0.5) is 0 Å². The van der Waals surface area contributed by atoms with Crippen LogP contribution in [0, 0.1) is 0 Å². The van der Waals surface area contributed by atoms with Crippen LogP contribution in [0.25, 0.3) is 0 Å². The van der Waals surface area contributed by atoms with Crippen LogP contribution < -0.4 is 5.73 Å². The highest BCUT2D eigenvalue weighted by Crippen LogP contribution is 2.28. The molecule has 0 aromatic carbocycles. The molecule has 1 aliphatic rings. The van der Waals surface area contributed by atoms with Gasteiger partial charge in [0.1, 0.15) is 5.54 Å². The summed E-state index contributed by atoms with van der Waals surface area (Å²) in [7, 11) is 1.87. The number of carbonyl (C=O) groups is 1. The van der Waals surface area contributed by atoms with Gasteiger partial charge in [0.15, 0.2) is 0 Å². The maximum atomic E-state index is 11.1. The third kappa shape index (κ3) is 2.18. The molecule has 1 aliphatic heterocycles. The first-order valence-corrected chi connectivity index (χ1v) is 5.67. The molecule has 6 heteroatoms. The summed E-state index contributed by atoms with van der Waals surface area (Å²) in [5.41, 5.74) is 5.84. The lowest BCUT2D eigenvalue weighted by molar-refractivity contribution is -0.142. The van der Waals surface area contributed by atoms with Gasteiger partial charge < -0.3 is 10.8 Å². The van der Waals surface area contributed by atoms with Crippen molar-refractivity contribution >= 4 is 5.97 Å². The molecule has 2 heterocycles. The van der Waals surface area contributed by atoms with Gasteiger partial charge in [0.2, 0.25) is 0 Å². The number of hydrogen-bond acceptors (Lipinski definition) is 4. The minimum atomic E-state index is -1.10. The molecule has 0 spiro atoms. The number of carboxylic acid groups (broad SMARTS) is 1. The Hall–Kier alpha value is -1.40. The first-order chi connectivity index (χ1) is 7.92. The number of hydrogen-bond donors (Lipinski definition) is 2. The van der Waals surface area contributed by atoms with E-state index in [1.807, 2.05) is 26.4 Å². The number of rotatable bonds is 3. The molecule has 0 amide bonds. The van der Waals surface area contributed by atoms with E-state index in [0.717, 1.165) is 5.56 Å². The molecule has 0 radical (unpaired) electrons. The molecule has 2 rings (SSSR count). The Labute approximate surface area is 100 Å². The topological polar surface area (TPSA) is 84.4 Å². The number of nitrogens with zero attached hydrogens (tertiary/aromatic N) is 3. The summed E-state index contributed by atoms with van der Waals surface area (Å²) in [5, 5.41) is 13.2. The van der Waals surface area contributed by atoms with E-state index in [1.165, 1.54) is 0 Å². The molecule has 0 bridgehead atoms. The summed E-state index contributed by atoms with van der Waals surface area (Å²) < 4.78 is 1.74. The van der Waals surface area contributed by atoms with Gasteiger partial charge in [0.05, 0.1) is 6.20 Å². The fourth-order valence-electron chi connectivity index (χ4n) is 2.24. The Morgan fingerprint density at radius 1 is 1.71 bits per heavy atom. The van der Waals surface area contributed by atoms with Crippen LogP contribution in [-0.4, -0.2) is 44.4 Å². The van der Waals surface area contributed by atoms with Gasteiger partial charge in [-0.25, -0.2) is 0 Å². The van der Waals surface area contributed by atoms with Crippen molar-refractivity contribution in [3.8, 4) is 0 Å². The number of aliphatic carboxylic acids is 1. The van der Waals surface area contributed by atoms with E-state index in [9.17, 15) is 4.79 Å². The van der Waals surface area contributed by atoms with Crippen molar-refractivity contribution < 1.29 is 9.90 Å². The van der Waals surface area contributed by atoms with Crippen LogP contribution in [0.1, 0.15) is 24.9 Å². The Morgan fingerprint density at radius 2 is 2.41 bits per heavy atom. The molecule has 1 fully saturated rings. The maximum absolute atomic E-state index is 11.1. The second-order valence-corrected chi connectivity index (χ2v) is 4.81. The smallest absolute Gasteiger partial charge is 0.325 e. The van der Waals surface area contributed by atoms with Gasteiger partial charge in [-0.2, -0.15) is 5.10 Å². The fraction of sp³-hybridized carbons (Fsp3) is 0.636. The van der Waals surface area contributed by atoms with Crippen LogP contribution in [0.15, 0.2) is 12.4 Å². The Bertz CT molecular complexity index is 431. The standard InChI is InChI=1S/C11H18N4O2/c1-8(9-5-13-14(2)6-9)15-4-3-11(12,7-15)10(16)17/h5-6,8H,3-4,7,12H2,1-2H3,(H,16,17). The van der Waals surface area contributed by atoms with Crippen LogP contribution >= 0.6 is 0 Å². The van der Waals surface area contributed by atoms with Crippen molar-refractivity contribution in [2.24, 2.45) is 12.8 Å². The second-order valence-electron chi connectivity index (χ2n) is 4.81. The minimum absolute atomic E-state index is 0.147. The van der Waals surface area contributed by atoms with E-state index in [0.29, 0.717) is 19.5 Å². The summed E-state index contributed by atoms with van der Waals surface area (Å²) in [6.07, 6.45) is 4.25. The summed E-state index contributed by atoms with van der Waals surface area (Å²) in [5.74, 6) is -0.918. The van der Waals surface area contributed by atoms with E-state index in [-0.39, 0.29) is 6.04 Å². The Balaban J connectivity index is 2.08. The summed E-state index contributed by atoms with van der Waals surface area (Å²) in [4.78, 5) is 13.2. The third-order valence-electron chi connectivity index (χ3n) is 3.51. The molecule has 2 unspecified atom stereocenters. The van der Waals surface area contributed by atoms with Gasteiger partial charge >= 0.3 is 5.97 Å². The molecule has 3 N–H and O–H groups in total. The van der Waals surface area contributed by atoms with Crippen molar-refractivity contribution in [2.45, 2.75) is 24.9 Å². The first-order valence-electron chi connectivity index (χ1n) is 5.67. The van der Waals surface area contributed by atoms with Gasteiger partial charge in [0.25, 0.3) is 0 Å². The third-order valence-corrected chi connectivity index (χ3v) is 3.51. The molecule has 6 nitrogen and oxygen atoms in total. The normalized spacial score (nSPS) is 27.2. The Kier molecular flexibility index (Phi) is 2.92. The number of nitrogens with two attached hydrogens (primary N) is 1. The van der Waals surface area contributed by atoms with E-state index in [1.54, 1.807) is 4.68 Å². The second kappa shape index (κ2) is 4.12. The monoisotopic (exact) mass is 238 g/mol. The van der Waals surface area contributed by atoms with E-state index >= 15 is 0 Å². The van der Waals surface area contributed by atoms with Crippen LogP contribution in [0.2, 0.25) is 0 Å². The molecule has 0 aliphatic carbocycles. The molecule has 1 aromatic rings. The molecule has 94 valence electrons. The zero-order valence-electron chi connectivity index (χ0n) is 10.1. The largest absolute Gasteiger partial charge is 0.480 e. The molecular formula is C11H18N4O2. The minimum Gasteiger partial charge on any atom is -0.480 e. The van der Waals surface area contributed by atoms with Crippen molar-refractivity contribution in [1.82, 2.24) is 14.7 Å². The summed E-state index contributed by atoms with van der Waals surface area (Å²) in [6, 6.07) is 0.147. The number of carboxylic acids is 1. The zero-order valence-corrected chi connectivity index (χ0v) is 10.1. The highest BCUT2D eigenvalue weighted by Gasteiger charge is 2.42. The lowest BCUT2D eigenvalue weighted by Gasteiger charge is -2.25. The van der Waals surface area contributed by atoms with E-state index < -0.39 is 11.5 Å². The number of aromatic nitrogens is 2. The van der Waals surface area contributed by atoms with E-state index in [4.69, 9.17) is 10.8 Å².